The van der Waals surface area contributed by atoms with Crippen LogP contribution < -0.4 is 0 Å². The molecule has 3 aromatic heterocycles. The molecule has 5 heterocycles. The van der Waals surface area contributed by atoms with Crippen molar-refractivity contribution in [2.45, 2.75) is 38.8 Å². The number of pyridine rings is 1. The molecule has 2 aliphatic heterocycles. The first-order chi connectivity index (χ1) is 14.1. The van der Waals surface area contributed by atoms with Gasteiger partial charge in [-0.2, -0.15) is 4.98 Å². The van der Waals surface area contributed by atoms with Gasteiger partial charge >= 0.3 is 0 Å². The number of imidazole rings is 1. The number of carbonyl (C=O) groups excluding carboxylic acids is 1. The summed E-state index contributed by atoms with van der Waals surface area (Å²) in [4.78, 5) is 32.8. The van der Waals surface area contributed by atoms with Crippen LogP contribution in [0.1, 0.15) is 52.1 Å². The molecular formula is C20H23N7O2. The summed E-state index contributed by atoms with van der Waals surface area (Å²) >= 11 is 0. The number of fused-ring (bicyclic) bond motifs is 1. The third-order valence-corrected chi connectivity index (χ3v) is 5.94. The molecular weight excluding hydrogens is 370 g/mol. The fraction of sp³-hybridized carbons (Fsp3) is 0.450. The number of amides is 1. The lowest BCUT2D eigenvalue weighted by Gasteiger charge is -2.29. The van der Waals surface area contributed by atoms with Crippen LogP contribution in [0.4, 0.5) is 0 Å². The van der Waals surface area contributed by atoms with E-state index in [4.69, 9.17) is 9.51 Å². The van der Waals surface area contributed by atoms with E-state index in [0.29, 0.717) is 30.5 Å². The van der Waals surface area contributed by atoms with Gasteiger partial charge in [-0.05, 0) is 50.9 Å². The van der Waals surface area contributed by atoms with Crippen LogP contribution in [0, 0.1) is 6.92 Å². The minimum absolute atomic E-state index is 0.0543. The molecule has 0 unspecified atom stereocenters. The Morgan fingerprint density at radius 2 is 2.21 bits per heavy atom. The number of aryl methyl sites for hydroxylation is 1. The second-order valence-corrected chi connectivity index (χ2v) is 7.76. The summed E-state index contributed by atoms with van der Waals surface area (Å²) in [6.07, 6.45) is 7.82. The van der Waals surface area contributed by atoms with Gasteiger partial charge in [0.15, 0.2) is 0 Å². The molecule has 3 aromatic rings. The van der Waals surface area contributed by atoms with Gasteiger partial charge in [-0.15, -0.1) is 0 Å². The topological polar surface area (TPSA) is 104 Å². The molecule has 1 N–H and O–H groups in total. The van der Waals surface area contributed by atoms with Crippen molar-refractivity contribution in [1.29, 1.82) is 0 Å². The molecule has 5 rings (SSSR count). The number of carbonyl (C=O) groups is 1. The molecule has 0 aromatic carbocycles. The molecule has 0 spiro atoms. The summed E-state index contributed by atoms with van der Waals surface area (Å²) in [5.41, 5.74) is 4.49. The van der Waals surface area contributed by atoms with Gasteiger partial charge < -0.3 is 14.4 Å². The van der Waals surface area contributed by atoms with Crippen LogP contribution in [0.15, 0.2) is 23.2 Å². The fourth-order valence-corrected chi connectivity index (χ4v) is 4.36. The fourth-order valence-electron chi connectivity index (χ4n) is 4.36. The molecule has 2 aliphatic rings. The highest BCUT2D eigenvalue weighted by molar-refractivity contribution is 5.92. The first kappa shape index (κ1) is 18.0. The Morgan fingerprint density at radius 1 is 1.31 bits per heavy atom. The lowest BCUT2D eigenvalue weighted by Crippen LogP contribution is -2.36. The number of H-pyrrole nitrogens is 1. The minimum Gasteiger partial charge on any atom is -0.341 e. The molecule has 9 heteroatoms. The molecule has 0 aliphatic carbocycles. The van der Waals surface area contributed by atoms with Crippen molar-refractivity contribution in [2.75, 3.05) is 20.1 Å². The van der Waals surface area contributed by atoms with E-state index in [1.165, 1.54) is 6.33 Å². The van der Waals surface area contributed by atoms with Gasteiger partial charge in [0.25, 0.3) is 5.91 Å². The monoisotopic (exact) mass is 393 g/mol. The lowest BCUT2D eigenvalue weighted by molar-refractivity contribution is 0.0729. The summed E-state index contributed by atoms with van der Waals surface area (Å²) < 4.78 is 5.62. The predicted octanol–water partition coefficient (Wildman–Crippen LogP) is 2.13. The van der Waals surface area contributed by atoms with E-state index in [-0.39, 0.29) is 11.9 Å². The van der Waals surface area contributed by atoms with Crippen molar-refractivity contribution in [3.63, 3.8) is 0 Å². The normalized spacial score (nSPS) is 19.5. The highest BCUT2D eigenvalue weighted by Gasteiger charge is 2.30. The molecule has 1 saturated heterocycles. The Morgan fingerprint density at radius 3 is 2.97 bits per heavy atom. The van der Waals surface area contributed by atoms with Crippen LogP contribution in [-0.4, -0.2) is 60.9 Å². The Hall–Kier alpha value is -3.07. The van der Waals surface area contributed by atoms with Crippen molar-refractivity contribution >= 4 is 5.91 Å². The van der Waals surface area contributed by atoms with Crippen LogP contribution in [0.2, 0.25) is 0 Å². The van der Waals surface area contributed by atoms with E-state index in [1.807, 2.05) is 18.0 Å². The van der Waals surface area contributed by atoms with Crippen LogP contribution in [0.25, 0.3) is 11.4 Å². The molecule has 1 amide bonds. The molecule has 150 valence electrons. The Bertz CT molecular complexity index is 1040. The van der Waals surface area contributed by atoms with Crippen molar-refractivity contribution in [3.05, 3.63) is 47.1 Å². The second-order valence-electron chi connectivity index (χ2n) is 7.76. The molecule has 1 fully saturated rings. The number of aromatic nitrogens is 5. The smallest absolute Gasteiger partial charge is 0.272 e. The van der Waals surface area contributed by atoms with Gasteiger partial charge in [0, 0.05) is 30.5 Å². The zero-order valence-corrected chi connectivity index (χ0v) is 16.6. The number of hydrogen-bond donors (Lipinski definition) is 1. The van der Waals surface area contributed by atoms with Crippen molar-refractivity contribution < 1.29 is 9.32 Å². The van der Waals surface area contributed by atoms with Crippen molar-refractivity contribution in [2.24, 2.45) is 0 Å². The number of nitrogens with zero attached hydrogens (tertiary/aromatic N) is 6. The highest BCUT2D eigenvalue weighted by atomic mass is 16.5. The molecule has 0 saturated carbocycles. The number of aromatic amines is 1. The van der Waals surface area contributed by atoms with Crippen molar-refractivity contribution in [1.82, 2.24) is 34.9 Å². The highest BCUT2D eigenvalue weighted by Crippen LogP contribution is 2.34. The van der Waals surface area contributed by atoms with Crippen LogP contribution >= 0.6 is 0 Å². The average molecular weight is 393 g/mol. The second kappa shape index (κ2) is 7.07. The number of rotatable bonds is 3. The summed E-state index contributed by atoms with van der Waals surface area (Å²) in [5.74, 6) is 1.21. The largest absolute Gasteiger partial charge is 0.341 e. The molecule has 1 atom stereocenters. The van der Waals surface area contributed by atoms with E-state index in [2.05, 4.69) is 32.1 Å². The number of hydrogen-bond acceptors (Lipinski definition) is 7. The maximum absolute atomic E-state index is 12.7. The van der Waals surface area contributed by atoms with Gasteiger partial charge in [-0.3, -0.25) is 14.7 Å². The van der Waals surface area contributed by atoms with Gasteiger partial charge in [0.1, 0.15) is 5.69 Å². The summed E-state index contributed by atoms with van der Waals surface area (Å²) in [6.45, 7) is 4.14. The van der Waals surface area contributed by atoms with Gasteiger partial charge in [-0.1, -0.05) is 5.16 Å². The zero-order chi connectivity index (χ0) is 20.0. The van der Waals surface area contributed by atoms with Gasteiger partial charge in [-0.25, -0.2) is 4.98 Å². The van der Waals surface area contributed by atoms with Crippen LogP contribution in [0.5, 0.6) is 0 Å². The first-order valence-corrected chi connectivity index (χ1v) is 9.91. The van der Waals surface area contributed by atoms with E-state index >= 15 is 0 Å². The van der Waals surface area contributed by atoms with E-state index in [1.54, 1.807) is 6.20 Å². The Kier molecular flexibility index (Phi) is 4.39. The zero-order valence-electron chi connectivity index (χ0n) is 16.6. The van der Waals surface area contributed by atoms with E-state index in [0.717, 1.165) is 48.2 Å². The molecule has 29 heavy (non-hydrogen) atoms. The van der Waals surface area contributed by atoms with Crippen LogP contribution in [-0.2, 0) is 13.0 Å². The minimum atomic E-state index is -0.0543. The maximum Gasteiger partial charge on any atom is 0.272 e. The van der Waals surface area contributed by atoms with Crippen molar-refractivity contribution in [3.8, 4) is 11.4 Å². The summed E-state index contributed by atoms with van der Waals surface area (Å²) in [7, 11) is 2.09. The lowest BCUT2D eigenvalue weighted by atomic mass is 9.94. The third-order valence-electron chi connectivity index (χ3n) is 5.94. The first-order valence-electron chi connectivity index (χ1n) is 9.91. The Labute approximate surface area is 168 Å². The molecule has 9 nitrogen and oxygen atoms in total. The van der Waals surface area contributed by atoms with E-state index < -0.39 is 0 Å². The van der Waals surface area contributed by atoms with Gasteiger partial charge in [0.05, 0.1) is 18.6 Å². The predicted molar refractivity (Wildman–Crippen MR) is 104 cm³/mol. The number of nitrogens with one attached hydrogen (secondary N) is 1. The standard InChI is InChI=1S/C20H23N7O2/c1-12-17(18-24-19(29-25-18)16-4-3-6-26(16)2)14-5-7-27(10-13(14)8-22-12)20(28)15-9-21-11-23-15/h8-9,11,16H,3-7,10H2,1-2H3,(H,21,23)/t16-/m0/s1. The Balaban J connectivity index is 1.45. The molecule has 0 bridgehead atoms. The quantitative estimate of drug-likeness (QED) is 0.727. The molecule has 0 radical (unpaired) electrons. The third kappa shape index (κ3) is 3.11. The maximum atomic E-state index is 12.7. The summed E-state index contributed by atoms with van der Waals surface area (Å²) in [5, 5.41) is 4.28. The SMILES string of the molecule is Cc1ncc2c(c1-c1noc([C@@H]3CCCN3C)n1)CCN(C(=O)c1cnc[nH]1)C2. The average Bonchev–Trinajstić information content (AvgIpc) is 3.48. The summed E-state index contributed by atoms with van der Waals surface area (Å²) in [6, 6.07) is 0.187. The van der Waals surface area contributed by atoms with E-state index in [9.17, 15) is 4.79 Å². The number of likely N-dealkylation sites (tertiary alicyclic amines) is 1. The van der Waals surface area contributed by atoms with Crippen LogP contribution in [0.3, 0.4) is 0 Å². The van der Waals surface area contributed by atoms with Gasteiger partial charge in [0.2, 0.25) is 11.7 Å².